The molecule has 0 amide bonds. The van der Waals surface area contributed by atoms with Crippen molar-refractivity contribution in [3.05, 3.63) is 101 Å². The molecule has 1 atom stereocenters. The molecule has 1 aliphatic heterocycles. The predicted octanol–water partition coefficient (Wildman–Crippen LogP) is 3.83. The Balaban J connectivity index is 1.52. The van der Waals surface area contributed by atoms with E-state index in [1.165, 1.54) is 0 Å². The standard InChI is InChI=1S/C25H27BrN6O2S/c26-22-6-7-25-21(13-22)15-32(35(33,34)11-10-30-9-8-27-19-30)24(12-20-4-2-1-3-5-20)17-31(25)16-23-14-28-18-29-23/h1-9,13-14,18-19,24H,10-12,15-17H2,(H,28,29). The summed E-state index contributed by atoms with van der Waals surface area (Å²) in [6.07, 6.45) is 9.22. The van der Waals surface area contributed by atoms with Gasteiger partial charge in [-0.2, -0.15) is 4.31 Å². The van der Waals surface area contributed by atoms with Crippen molar-refractivity contribution in [2.24, 2.45) is 0 Å². The van der Waals surface area contributed by atoms with Crippen LogP contribution in [0.5, 0.6) is 0 Å². The lowest BCUT2D eigenvalue weighted by atomic mass is 10.1. The maximum Gasteiger partial charge on any atom is 0.216 e. The van der Waals surface area contributed by atoms with E-state index in [-0.39, 0.29) is 11.8 Å². The number of benzene rings is 2. The third kappa shape index (κ3) is 5.66. The van der Waals surface area contributed by atoms with Crippen LogP contribution in [0.25, 0.3) is 0 Å². The Labute approximate surface area is 213 Å². The highest BCUT2D eigenvalue weighted by atomic mass is 79.9. The van der Waals surface area contributed by atoms with Crippen LogP contribution >= 0.6 is 15.9 Å². The first-order chi connectivity index (χ1) is 17.0. The lowest BCUT2D eigenvalue weighted by Gasteiger charge is -2.32. The third-order valence-electron chi connectivity index (χ3n) is 6.30. The van der Waals surface area contributed by atoms with Crippen LogP contribution in [0, 0.1) is 0 Å². The van der Waals surface area contributed by atoms with Gasteiger partial charge in [0.15, 0.2) is 0 Å². The molecule has 4 aromatic rings. The molecule has 0 saturated heterocycles. The van der Waals surface area contributed by atoms with Crippen LogP contribution in [0.1, 0.15) is 16.8 Å². The molecule has 3 heterocycles. The van der Waals surface area contributed by atoms with E-state index in [4.69, 9.17) is 0 Å². The number of imidazole rings is 2. The number of aromatic nitrogens is 4. The van der Waals surface area contributed by atoms with E-state index in [0.717, 1.165) is 27.0 Å². The number of halogens is 1. The van der Waals surface area contributed by atoms with Gasteiger partial charge in [-0.15, -0.1) is 0 Å². The zero-order chi connectivity index (χ0) is 24.3. The first kappa shape index (κ1) is 23.8. The van der Waals surface area contributed by atoms with Crippen molar-refractivity contribution < 1.29 is 8.42 Å². The number of nitrogens with one attached hydrogen (secondary N) is 1. The first-order valence-corrected chi connectivity index (χ1v) is 13.9. The molecule has 0 saturated carbocycles. The maximum absolute atomic E-state index is 13.8. The number of sulfonamides is 1. The Kier molecular flexibility index (Phi) is 7.03. The second kappa shape index (κ2) is 10.3. The van der Waals surface area contributed by atoms with Gasteiger partial charge in [-0.1, -0.05) is 46.3 Å². The van der Waals surface area contributed by atoms with E-state index >= 15 is 0 Å². The fraction of sp³-hybridized carbons (Fsp3) is 0.280. The molecule has 0 spiro atoms. The van der Waals surface area contributed by atoms with Crippen LogP contribution in [0.2, 0.25) is 0 Å². The molecule has 1 unspecified atom stereocenters. The lowest BCUT2D eigenvalue weighted by Crippen LogP contribution is -2.46. The average molecular weight is 556 g/mol. The molecule has 0 radical (unpaired) electrons. The van der Waals surface area contributed by atoms with Crippen molar-refractivity contribution in [3.63, 3.8) is 0 Å². The molecule has 0 fully saturated rings. The number of aromatic amines is 1. The molecule has 5 rings (SSSR count). The van der Waals surface area contributed by atoms with Crippen LogP contribution in [-0.2, 0) is 36.1 Å². The minimum absolute atomic E-state index is 0.0124. The van der Waals surface area contributed by atoms with Crippen molar-refractivity contribution in [3.8, 4) is 0 Å². The second-order valence-electron chi connectivity index (χ2n) is 8.74. The molecular formula is C25H27BrN6O2S. The van der Waals surface area contributed by atoms with Crippen LogP contribution in [0.3, 0.4) is 0 Å². The van der Waals surface area contributed by atoms with Gasteiger partial charge in [0.2, 0.25) is 10.0 Å². The summed E-state index contributed by atoms with van der Waals surface area (Å²) >= 11 is 3.58. The lowest BCUT2D eigenvalue weighted by molar-refractivity contribution is 0.317. The zero-order valence-corrected chi connectivity index (χ0v) is 21.6. The Morgan fingerprint density at radius 2 is 1.97 bits per heavy atom. The van der Waals surface area contributed by atoms with E-state index in [0.29, 0.717) is 32.6 Å². The van der Waals surface area contributed by atoms with Gasteiger partial charge < -0.3 is 14.5 Å². The summed E-state index contributed by atoms with van der Waals surface area (Å²) in [5.41, 5.74) is 4.10. The number of anilines is 1. The summed E-state index contributed by atoms with van der Waals surface area (Å²) in [6.45, 7) is 1.85. The highest BCUT2D eigenvalue weighted by Crippen LogP contribution is 2.33. The number of hydrogen-bond acceptors (Lipinski definition) is 5. The Morgan fingerprint density at radius 3 is 2.71 bits per heavy atom. The van der Waals surface area contributed by atoms with Crippen LogP contribution in [-0.4, -0.2) is 50.6 Å². The normalized spacial score (nSPS) is 16.7. The molecule has 0 aliphatic carbocycles. The summed E-state index contributed by atoms with van der Waals surface area (Å²) in [5.74, 6) is 0.0124. The second-order valence-corrected chi connectivity index (χ2v) is 11.7. The zero-order valence-electron chi connectivity index (χ0n) is 19.2. The summed E-state index contributed by atoms with van der Waals surface area (Å²) < 4.78 is 32.0. The monoisotopic (exact) mass is 554 g/mol. The topological polar surface area (TPSA) is 87.1 Å². The summed E-state index contributed by atoms with van der Waals surface area (Å²) in [6, 6.07) is 16.0. The van der Waals surface area contributed by atoms with E-state index in [9.17, 15) is 8.42 Å². The highest BCUT2D eigenvalue weighted by molar-refractivity contribution is 9.10. The van der Waals surface area contributed by atoms with Gasteiger partial charge in [0.25, 0.3) is 0 Å². The molecule has 35 heavy (non-hydrogen) atoms. The number of hydrogen-bond donors (Lipinski definition) is 1. The van der Waals surface area contributed by atoms with Gasteiger partial charge in [0.1, 0.15) is 0 Å². The minimum Gasteiger partial charge on any atom is -0.364 e. The summed E-state index contributed by atoms with van der Waals surface area (Å²) in [5, 5.41) is 0. The van der Waals surface area contributed by atoms with Crippen LogP contribution in [0.15, 0.2) is 84.2 Å². The van der Waals surface area contributed by atoms with Crippen molar-refractivity contribution in [1.82, 2.24) is 23.8 Å². The molecule has 2 aromatic carbocycles. The van der Waals surface area contributed by atoms with Gasteiger partial charge >= 0.3 is 0 Å². The fourth-order valence-electron chi connectivity index (χ4n) is 4.59. The number of H-pyrrole nitrogens is 1. The van der Waals surface area contributed by atoms with Crippen LogP contribution < -0.4 is 4.90 Å². The smallest absolute Gasteiger partial charge is 0.216 e. The average Bonchev–Trinajstić information content (AvgIpc) is 3.53. The molecule has 10 heteroatoms. The maximum atomic E-state index is 13.8. The molecule has 1 N–H and O–H groups in total. The Bertz CT molecular complexity index is 1340. The quantitative estimate of drug-likeness (QED) is 0.357. The number of nitrogens with zero attached hydrogens (tertiary/aromatic N) is 5. The van der Waals surface area contributed by atoms with Gasteiger partial charge in [-0.05, 0) is 35.7 Å². The largest absolute Gasteiger partial charge is 0.364 e. The molecule has 0 bridgehead atoms. The van der Waals surface area contributed by atoms with Gasteiger partial charge in [-0.3, -0.25) is 0 Å². The Morgan fingerprint density at radius 1 is 1.11 bits per heavy atom. The first-order valence-electron chi connectivity index (χ1n) is 11.5. The fourth-order valence-corrected chi connectivity index (χ4v) is 6.61. The highest BCUT2D eigenvalue weighted by Gasteiger charge is 2.35. The van der Waals surface area contributed by atoms with Crippen molar-refractivity contribution >= 4 is 31.6 Å². The molecule has 182 valence electrons. The SMILES string of the molecule is O=S(=O)(CCn1ccnc1)N1Cc2cc(Br)ccc2N(Cc2cnc[nH]2)CC1Cc1ccccc1. The molecule has 1 aliphatic rings. The number of aryl methyl sites for hydroxylation is 1. The van der Waals surface area contributed by atoms with E-state index in [2.05, 4.69) is 54.0 Å². The van der Waals surface area contributed by atoms with Crippen molar-refractivity contribution in [1.29, 1.82) is 0 Å². The van der Waals surface area contributed by atoms with E-state index in [1.54, 1.807) is 33.9 Å². The van der Waals surface area contributed by atoms with Gasteiger partial charge in [0.05, 0.1) is 30.6 Å². The molecule has 8 nitrogen and oxygen atoms in total. The number of fused-ring (bicyclic) bond motifs is 1. The number of rotatable bonds is 8. The van der Waals surface area contributed by atoms with Crippen molar-refractivity contribution in [2.75, 3.05) is 17.2 Å². The molecular weight excluding hydrogens is 528 g/mol. The molecule has 2 aromatic heterocycles. The Hall–Kier alpha value is -2.95. The summed E-state index contributed by atoms with van der Waals surface area (Å²) in [7, 11) is -3.57. The van der Waals surface area contributed by atoms with E-state index in [1.807, 2.05) is 36.5 Å². The summed E-state index contributed by atoms with van der Waals surface area (Å²) in [4.78, 5) is 13.7. The minimum atomic E-state index is -3.57. The predicted molar refractivity (Wildman–Crippen MR) is 139 cm³/mol. The third-order valence-corrected chi connectivity index (χ3v) is 8.63. The van der Waals surface area contributed by atoms with Crippen molar-refractivity contribution in [2.45, 2.75) is 32.1 Å². The van der Waals surface area contributed by atoms with Crippen LogP contribution in [0.4, 0.5) is 5.69 Å². The van der Waals surface area contributed by atoms with Gasteiger partial charge in [-0.25, -0.2) is 18.4 Å². The van der Waals surface area contributed by atoms with Gasteiger partial charge in [0, 0.05) is 54.4 Å². The van der Waals surface area contributed by atoms with E-state index < -0.39 is 10.0 Å².